The summed E-state index contributed by atoms with van der Waals surface area (Å²) in [5.74, 6) is 0.440. The first kappa shape index (κ1) is 23.2. The van der Waals surface area contributed by atoms with Crippen molar-refractivity contribution >= 4 is 5.97 Å². The fourth-order valence-corrected chi connectivity index (χ4v) is 4.57. The number of aryl methyl sites for hydroxylation is 1. The molecule has 2 N–H and O–H groups in total. The molecule has 0 aliphatic carbocycles. The number of ether oxygens (including phenoxy) is 3. The number of nitrogens with one attached hydrogen (secondary N) is 1. The zero-order chi connectivity index (χ0) is 25.3. The molecule has 36 heavy (non-hydrogen) atoms. The molecule has 5 rings (SSSR count). The van der Waals surface area contributed by atoms with Crippen LogP contribution in [-0.4, -0.2) is 56.1 Å². The number of nitrogens with zero attached hydrogens (tertiary/aromatic N) is 5. The van der Waals surface area contributed by atoms with E-state index in [1.807, 2.05) is 66.1 Å². The maximum Gasteiger partial charge on any atom is 0.347 e. The molecule has 0 bridgehead atoms. The number of rotatable bonds is 7. The van der Waals surface area contributed by atoms with Gasteiger partial charge in [-0.05, 0) is 18.6 Å². The van der Waals surface area contributed by atoms with Crippen LogP contribution in [0.1, 0.15) is 22.8 Å². The highest BCUT2D eigenvalue weighted by atomic mass is 16.5. The Morgan fingerprint density at radius 1 is 1.03 bits per heavy atom. The summed E-state index contributed by atoms with van der Waals surface area (Å²) in [5.41, 5.74) is 0.718. The number of carbonyl (C=O) groups is 1. The summed E-state index contributed by atoms with van der Waals surface area (Å²) in [6.45, 7) is 2.07. The zero-order valence-electron chi connectivity index (χ0n) is 19.9. The molecule has 0 saturated carbocycles. The lowest BCUT2D eigenvalue weighted by Crippen LogP contribution is -2.57. The number of hydrogen-bond acceptors (Lipinski definition) is 9. The molecule has 0 amide bonds. The Morgan fingerprint density at radius 3 is 2.36 bits per heavy atom. The number of methoxy groups -OCH3 is 2. The average Bonchev–Trinajstić information content (AvgIpc) is 3.21. The first-order valence-corrected chi connectivity index (χ1v) is 11.2. The predicted molar refractivity (Wildman–Crippen MR) is 127 cm³/mol. The first-order chi connectivity index (χ1) is 17.5. The fourth-order valence-electron chi connectivity index (χ4n) is 4.57. The van der Waals surface area contributed by atoms with Crippen molar-refractivity contribution in [2.75, 3.05) is 14.2 Å². The van der Waals surface area contributed by atoms with Crippen molar-refractivity contribution in [3.8, 4) is 23.5 Å². The van der Waals surface area contributed by atoms with Gasteiger partial charge in [0.25, 0.3) is 0 Å². The van der Waals surface area contributed by atoms with Crippen LogP contribution < -0.4 is 19.5 Å². The monoisotopic (exact) mass is 488 g/mol. The molecule has 184 valence electrons. The first-order valence-electron chi connectivity index (χ1n) is 11.2. The highest BCUT2D eigenvalue weighted by molar-refractivity contribution is 5.78. The normalized spacial score (nSPS) is 17.3. The van der Waals surface area contributed by atoms with E-state index in [-0.39, 0.29) is 24.3 Å². The van der Waals surface area contributed by atoms with Crippen LogP contribution in [-0.2, 0) is 16.9 Å². The van der Waals surface area contributed by atoms with Crippen molar-refractivity contribution in [1.29, 1.82) is 0 Å². The van der Waals surface area contributed by atoms with Gasteiger partial charge >= 0.3 is 12.0 Å². The van der Waals surface area contributed by atoms with Crippen LogP contribution in [0.15, 0.2) is 60.7 Å². The second-order valence-electron chi connectivity index (χ2n) is 8.11. The third-order valence-corrected chi connectivity index (χ3v) is 6.13. The maximum atomic E-state index is 13.0. The van der Waals surface area contributed by atoms with Gasteiger partial charge in [0.05, 0.1) is 32.5 Å². The zero-order valence-corrected chi connectivity index (χ0v) is 19.9. The van der Waals surface area contributed by atoms with Crippen LogP contribution in [0.4, 0.5) is 0 Å². The summed E-state index contributed by atoms with van der Waals surface area (Å²) in [4.78, 5) is 21.4. The summed E-state index contributed by atoms with van der Waals surface area (Å²) in [7, 11) is 2.87. The van der Waals surface area contributed by atoms with E-state index in [0.29, 0.717) is 22.8 Å². The van der Waals surface area contributed by atoms with Crippen molar-refractivity contribution in [1.82, 2.24) is 30.0 Å². The predicted octanol–water partition coefficient (Wildman–Crippen LogP) is 2.26. The third kappa shape index (κ3) is 3.79. The smallest absolute Gasteiger partial charge is 0.347 e. The number of benzene rings is 2. The van der Waals surface area contributed by atoms with Crippen LogP contribution in [0.25, 0.3) is 5.69 Å². The number of carboxylic acids is 1. The molecule has 0 radical (unpaired) electrons. The minimum atomic E-state index is -1.50. The molecule has 0 saturated heterocycles. The Kier molecular flexibility index (Phi) is 5.98. The lowest BCUT2D eigenvalue weighted by Gasteiger charge is -2.39. The average molecular weight is 489 g/mol. The van der Waals surface area contributed by atoms with Crippen LogP contribution in [0, 0.1) is 6.92 Å². The Bertz CT molecular complexity index is 1390. The Morgan fingerprint density at radius 2 is 1.69 bits per heavy atom. The van der Waals surface area contributed by atoms with Crippen LogP contribution in [0.3, 0.4) is 0 Å². The van der Waals surface area contributed by atoms with Gasteiger partial charge in [0.2, 0.25) is 17.9 Å². The molecule has 4 aromatic rings. The molecule has 0 spiro atoms. The van der Waals surface area contributed by atoms with Gasteiger partial charge in [0, 0.05) is 5.56 Å². The Balaban J connectivity index is 1.76. The summed E-state index contributed by atoms with van der Waals surface area (Å²) in [6, 6.07) is 18.1. The van der Waals surface area contributed by atoms with E-state index in [1.54, 1.807) is 0 Å². The van der Waals surface area contributed by atoms with Gasteiger partial charge in [-0.3, -0.25) is 9.88 Å². The molecule has 2 unspecified atom stereocenters. The van der Waals surface area contributed by atoms with E-state index in [4.69, 9.17) is 14.2 Å². The largest absolute Gasteiger partial charge is 0.481 e. The lowest BCUT2D eigenvalue weighted by atomic mass is 9.77. The molecular formula is C25H24N6O5. The van der Waals surface area contributed by atoms with Gasteiger partial charge in [0.1, 0.15) is 11.4 Å². The number of carboxylic acid groups (broad SMARTS) is 1. The minimum absolute atomic E-state index is 0.172. The lowest BCUT2D eigenvalue weighted by molar-refractivity contribution is -0.149. The molecule has 2 aromatic carbocycles. The maximum absolute atomic E-state index is 13.0. The van der Waals surface area contributed by atoms with Crippen LogP contribution >= 0.6 is 0 Å². The van der Waals surface area contributed by atoms with Gasteiger partial charge in [-0.15, -0.1) is 10.2 Å². The Labute approximate surface area is 206 Å². The van der Waals surface area contributed by atoms with Crippen LogP contribution in [0.2, 0.25) is 0 Å². The molecule has 2 aromatic heterocycles. The highest BCUT2D eigenvalue weighted by Gasteiger charge is 2.51. The molecule has 1 aliphatic heterocycles. The molecule has 1 aliphatic rings. The summed E-state index contributed by atoms with van der Waals surface area (Å²) in [6.07, 6.45) is -1.50. The molecule has 3 heterocycles. The number of fused-ring (bicyclic) bond motifs is 3. The van der Waals surface area contributed by atoms with Gasteiger partial charge < -0.3 is 19.3 Å². The highest BCUT2D eigenvalue weighted by Crippen LogP contribution is 2.41. The van der Waals surface area contributed by atoms with E-state index in [1.165, 1.54) is 20.3 Å². The quantitative estimate of drug-likeness (QED) is 0.399. The molecule has 11 nitrogen and oxygen atoms in total. The van der Waals surface area contributed by atoms with E-state index >= 15 is 0 Å². The van der Waals surface area contributed by atoms with Gasteiger partial charge in [-0.25, -0.2) is 4.79 Å². The van der Waals surface area contributed by atoms with E-state index in [0.717, 1.165) is 5.69 Å². The van der Waals surface area contributed by atoms with Crippen molar-refractivity contribution in [2.45, 2.75) is 25.1 Å². The molecule has 11 heteroatoms. The van der Waals surface area contributed by atoms with Crippen LogP contribution in [0.5, 0.6) is 17.8 Å². The molecule has 0 fully saturated rings. The van der Waals surface area contributed by atoms with Crippen molar-refractivity contribution < 1.29 is 24.1 Å². The van der Waals surface area contributed by atoms with Gasteiger partial charge in [0.15, 0.2) is 5.82 Å². The second-order valence-corrected chi connectivity index (χ2v) is 8.11. The SMILES string of the molecule is COc1cc(OC)nc(OC(C(=O)O)C2(c3ccccc3)NCc3nnc(C)n3-c3ccccc32)n1. The third-order valence-electron chi connectivity index (χ3n) is 6.13. The summed E-state index contributed by atoms with van der Waals surface area (Å²) in [5, 5.41) is 22.6. The Hall–Kier alpha value is -4.51. The minimum Gasteiger partial charge on any atom is -0.481 e. The standard InChI is InChI=1S/C25H24N6O5/c1-15-29-30-19-14-26-25(16-9-5-4-6-10-16,17-11-7-8-12-18(17)31(15)19)22(23(32)33)36-24-27-20(34-2)13-21(28-24)35-3/h4-13,22,26H,14H2,1-3H3,(H,32,33). The molecule has 2 atom stereocenters. The number of hydrogen-bond donors (Lipinski definition) is 2. The molecular weight excluding hydrogens is 464 g/mol. The summed E-state index contributed by atoms with van der Waals surface area (Å²) < 4.78 is 18.4. The van der Waals surface area contributed by atoms with Gasteiger partial charge in [-0.2, -0.15) is 9.97 Å². The van der Waals surface area contributed by atoms with E-state index in [2.05, 4.69) is 25.5 Å². The number of aromatic nitrogens is 5. The number of aliphatic carboxylic acids is 1. The van der Waals surface area contributed by atoms with Crippen molar-refractivity contribution in [3.63, 3.8) is 0 Å². The fraction of sp³-hybridized carbons (Fsp3) is 0.240. The van der Waals surface area contributed by atoms with E-state index in [9.17, 15) is 9.90 Å². The second kappa shape index (κ2) is 9.27. The number of para-hydroxylation sites is 1. The van der Waals surface area contributed by atoms with E-state index < -0.39 is 17.6 Å². The summed E-state index contributed by atoms with van der Waals surface area (Å²) >= 11 is 0. The van der Waals surface area contributed by atoms with Crippen molar-refractivity contribution in [2.24, 2.45) is 0 Å². The topological polar surface area (TPSA) is 134 Å². The van der Waals surface area contributed by atoms with Gasteiger partial charge in [-0.1, -0.05) is 48.5 Å². The van der Waals surface area contributed by atoms with Crippen molar-refractivity contribution in [3.05, 3.63) is 83.4 Å².